The van der Waals surface area contributed by atoms with Gasteiger partial charge >= 0.3 is 0 Å². The van der Waals surface area contributed by atoms with Gasteiger partial charge in [-0.15, -0.1) is 0 Å². The van der Waals surface area contributed by atoms with Crippen LogP contribution in [0.25, 0.3) is 0 Å². The second-order valence-electron chi connectivity index (χ2n) is 15.2. The van der Waals surface area contributed by atoms with E-state index < -0.39 is 6.10 Å². The van der Waals surface area contributed by atoms with Crippen LogP contribution in [0.15, 0.2) is 11.6 Å². The summed E-state index contributed by atoms with van der Waals surface area (Å²) in [6.07, 6.45) is 11.7. The highest BCUT2D eigenvalue weighted by Gasteiger charge is 2.69. The van der Waals surface area contributed by atoms with Gasteiger partial charge in [-0.2, -0.15) is 0 Å². The van der Waals surface area contributed by atoms with E-state index in [2.05, 4.69) is 54.5 Å². The molecule has 5 rings (SSSR count). The van der Waals surface area contributed by atoms with E-state index in [4.69, 9.17) is 0 Å². The molecule has 10 atom stereocenters. The first kappa shape index (κ1) is 24.3. The second kappa shape index (κ2) is 7.10. The molecule has 188 valence electrons. The van der Waals surface area contributed by atoms with Gasteiger partial charge in [0, 0.05) is 10.8 Å². The molecule has 5 aliphatic rings. The molecule has 3 heteroatoms. The zero-order chi connectivity index (χ0) is 24.2. The van der Waals surface area contributed by atoms with Crippen LogP contribution in [0.2, 0.25) is 0 Å². The van der Waals surface area contributed by atoms with Crippen molar-refractivity contribution in [2.45, 2.75) is 118 Å². The van der Waals surface area contributed by atoms with Gasteiger partial charge in [0.25, 0.3) is 0 Å². The molecule has 0 spiro atoms. The number of hydrogen-bond acceptors (Lipinski definition) is 3. The van der Waals surface area contributed by atoms with Gasteiger partial charge in [-0.3, -0.25) is 0 Å². The summed E-state index contributed by atoms with van der Waals surface area (Å²) in [5, 5.41) is 32.6. The smallest absolute Gasteiger partial charge is 0.0618 e. The minimum atomic E-state index is -0.392. The summed E-state index contributed by atoms with van der Waals surface area (Å²) in [5.74, 6) is 1.44. The van der Waals surface area contributed by atoms with Gasteiger partial charge in [-0.05, 0) is 97.2 Å². The molecule has 0 aromatic carbocycles. The molecule has 4 saturated carbocycles. The van der Waals surface area contributed by atoms with Crippen LogP contribution in [-0.4, -0.2) is 34.1 Å². The number of aliphatic hydroxyl groups is 3. The minimum absolute atomic E-state index is 0.00950. The van der Waals surface area contributed by atoms with Crippen LogP contribution in [0.3, 0.4) is 0 Å². The van der Waals surface area contributed by atoms with Crippen LogP contribution in [0, 0.1) is 50.2 Å². The molecule has 1 unspecified atom stereocenters. The SMILES string of the molecule is CC1(C)C[C@@H](O)[C@]2(C)CC[C@]3(C)C(=CC[C@H]4C3(C)CC[C@@H]3[C@]4(C)CC[C@H](O)[C@]3(C)CO)[C@@H]2C1. The third kappa shape index (κ3) is 2.91. The molecule has 0 radical (unpaired) electrons. The lowest BCUT2D eigenvalue weighted by atomic mass is 9.33. The van der Waals surface area contributed by atoms with Crippen molar-refractivity contribution in [2.24, 2.45) is 50.2 Å². The van der Waals surface area contributed by atoms with Gasteiger partial charge < -0.3 is 15.3 Å². The molecule has 4 fully saturated rings. The van der Waals surface area contributed by atoms with Crippen molar-refractivity contribution in [3.05, 3.63) is 11.6 Å². The predicted octanol–water partition coefficient (Wildman–Crippen LogP) is 6.11. The van der Waals surface area contributed by atoms with Crippen LogP contribution < -0.4 is 0 Å². The Bertz CT molecular complexity index is 847. The standard InChI is InChI=1S/C30H50O3/c1-25(2)16-20-19-8-9-22-27(4)12-11-23(32)28(5,18-31)21(27)10-13-30(22,7)29(19,6)15-14-26(20,3)24(33)17-25/h8,20-24,31-33H,9-18H2,1-7H3/t20-,21+,22+,23-,24+,26+,27-,28+,29+,30?/m0/s1. The maximum absolute atomic E-state index is 11.3. The number of aliphatic hydroxyl groups excluding tert-OH is 3. The first-order valence-electron chi connectivity index (χ1n) is 13.9. The van der Waals surface area contributed by atoms with Crippen LogP contribution >= 0.6 is 0 Å². The van der Waals surface area contributed by atoms with Crippen molar-refractivity contribution in [3.63, 3.8) is 0 Å². The maximum Gasteiger partial charge on any atom is 0.0618 e. The maximum atomic E-state index is 11.3. The van der Waals surface area contributed by atoms with Crippen molar-refractivity contribution >= 4 is 0 Å². The van der Waals surface area contributed by atoms with Crippen molar-refractivity contribution in [1.29, 1.82) is 0 Å². The number of hydrogen-bond donors (Lipinski definition) is 3. The van der Waals surface area contributed by atoms with Gasteiger partial charge in [0.1, 0.15) is 0 Å². The summed E-state index contributed by atoms with van der Waals surface area (Å²) < 4.78 is 0. The summed E-state index contributed by atoms with van der Waals surface area (Å²) in [6.45, 7) is 17.0. The fourth-order valence-corrected chi connectivity index (χ4v) is 10.7. The summed E-state index contributed by atoms with van der Waals surface area (Å²) in [4.78, 5) is 0. The Morgan fingerprint density at radius 2 is 1.48 bits per heavy atom. The molecule has 0 aromatic rings. The third-order valence-electron chi connectivity index (χ3n) is 13.2. The van der Waals surface area contributed by atoms with Gasteiger partial charge in [-0.1, -0.05) is 60.1 Å². The Labute approximate surface area is 202 Å². The Balaban J connectivity index is 1.58. The predicted molar refractivity (Wildman–Crippen MR) is 134 cm³/mol. The first-order valence-corrected chi connectivity index (χ1v) is 13.9. The van der Waals surface area contributed by atoms with Crippen LogP contribution in [0.5, 0.6) is 0 Å². The van der Waals surface area contributed by atoms with Crippen molar-refractivity contribution in [2.75, 3.05) is 6.61 Å². The fourth-order valence-electron chi connectivity index (χ4n) is 10.7. The Morgan fingerprint density at radius 1 is 0.788 bits per heavy atom. The lowest BCUT2D eigenvalue weighted by Gasteiger charge is -2.71. The average Bonchev–Trinajstić information content (AvgIpc) is 2.73. The molecular weight excluding hydrogens is 408 g/mol. The molecule has 3 N–H and O–H groups in total. The van der Waals surface area contributed by atoms with E-state index in [-0.39, 0.29) is 45.2 Å². The summed E-state index contributed by atoms with van der Waals surface area (Å²) >= 11 is 0. The van der Waals surface area contributed by atoms with Gasteiger partial charge in [0.2, 0.25) is 0 Å². The molecule has 0 bridgehead atoms. The molecule has 5 aliphatic carbocycles. The van der Waals surface area contributed by atoms with E-state index in [9.17, 15) is 15.3 Å². The number of allylic oxidation sites excluding steroid dienone is 2. The topological polar surface area (TPSA) is 60.7 Å². The number of fused-ring (bicyclic) bond motifs is 7. The van der Waals surface area contributed by atoms with Gasteiger partial charge in [0.05, 0.1) is 18.8 Å². The first-order chi connectivity index (χ1) is 15.2. The van der Waals surface area contributed by atoms with Crippen molar-refractivity contribution < 1.29 is 15.3 Å². The highest BCUT2D eigenvalue weighted by Crippen LogP contribution is 2.75. The largest absolute Gasteiger partial charge is 0.396 e. The Hall–Kier alpha value is -0.380. The Morgan fingerprint density at radius 3 is 2.15 bits per heavy atom. The molecular formula is C30H50O3. The molecule has 0 aromatic heterocycles. The van der Waals surface area contributed by atoms with E-state index >= 15 is 0 Å². The molecule has 0 heterocycles. The van der Waals surface area contributed by atoms with E-state index in [1.807, 2.05) is 0 Å². The van der Waals surface area contributed by atoms with E-state index in [0.29, 0.717) is 17.8 Å². The van der Waals surface area contributed by atoms with Gasteiger partial charge in [-0.25, -0.2) is 0 Å². The fraction of sp³-hybridized carbons (Fsp3) is 0.933. The quantitative estimate of drug-likeness (QED) is 0.415. The lowest BCUT2D eigenvalue weighted by molar-refractivity contribution is -0.218. The second-order valence-corrected chi connectivity index (χ2v) is 15.2. The molecule has 3 nitrogen and oxygen atoms in total. The average molecular weight is 459 g/mol. The van der Waals surface area contributed by atoms with E-state index in [1.54, 1.807) is 5.57 Å². The normalized spacial score (nSPS) is 57.8. The monoisotopic (exact) mass is 458 g/mol. The molecule has 33 heavy (non-hydrogen) atoms. The Kier molecular flexibility index (Phi) is 5.23. The molecule has 0 saturated heterocycles. The molecule has 0 aliphatic heterocycles. The van der Waals surface area contributed by atoms with Crippen molar-refractivity contribution in [3.8, 4) is 0 Å². The van der Waals surface area contributed by atoms with Gasteiger partial charge in [0.15, 0.2) is 0 Å². The van der Waals surface area contributed by atoms with E-state index in [0.717, 1.165) is 38.5 Å². The highest BCUT2D eigenvalue weighted by molar-refractivity contribution is 5.34. The summed E-state index contributed by atoms with van der Waals surface area (Å²) in [7, 11) is 0. The van der Waals surface area contributed by atoms with Crippen molar-refractivity contribution in [1.82, 2.24) is 0 Å². The zero-order valence-electron chi connectivity index (χ0n) is 22.4. The van der Waals surface area contributed by atoms with Crippen LogP contribution in [-0.2, 0) is 0 Å². The third-order valence-corrected chi connectivity index (χ3v) is 13.2. The van der Waals surface area contributed by atoms with Crippen LogP contribution in [0.1, 0.15) is 106 Å². The summed E-state index contributed by atoms with van der Waals surface area (Å²) in [6, 6.07) is 0. The highest BCUT2D eigenvalue weighted by atomic mass is 16.3. The lowest BCUT2D eigenvalue weighted by Crippen LogP contribution is -2.66. The summed E-state index contributed by atoms with van der Waals surface area (Å²) in [5.41, 5.74) is 2.04. The van der Waals surface area contributed by atoms with Crippen LogP contribution in [0.4, 0.5) is 0 Å². The van der Waals surface area contributed by atoms with E-state index in [1.165, 1.54) is 19.3 Å². The zero-order valence-corrected chi connectivity index (χ0v) is 22.4. The minimum Gasteiger partial charge on any atom is -0.396 e. The molecule has 0 amide bonds. The number of rotatable bonds is 1.